The Morgan fingerprint density at radius 3 is 0.941 bits per heavy atom. The SMILES string of the molecule is COc1c(C(C)(C)C)cc2c(c1-c1cc(C)cc(C)c1)C=C(C)C2[Si](C)(C)C1C(C)=Cc2c1cc1c(c2-c2ccc(C(C)(C)C)cc2)CCC1.COc1cc(OC)cc(-c2c3c(cc(C(C)(C)C)c2OC)C([Si](C)(C)C2C(C)=Cc4c2cc2c(c4-c4ccc(C(C)(C)C)cc4)CCC2)C(C)=C3)c1. The van der Waals surface area contributed by atoms with Crippen molar-refractivity contribution >= 4 is 40.5 Å². The fraction of sp³-hybridized carbons (Fsp3) is 0.417. The molecule has 0 aliphatic heterocycles. The zero-order chi connectivity index (χ0) is 73.6. The second kappa shape index (κ2) is 26.2. The van der Waals surface area contributed by atoms with Crippen molar-refractivity contribution < 1.29 is 18.9 Å². The number of rotatable bonds is 12. The molecule has 0 fully saturated rings. The van der Waals surface area contributed by atoms with Gasteiger partial charge >= 0.3 is 0 Å². The van der Waals surface area contributed by atoms with Gasteiger partial charge in [-0.3, -0.25) is 0 Å². The van der Waals surface area contributed by atoms with Gasteiger partial charge in [-0.05, 0) is 225 Å². The average Bonchev–Trinajstić information content (AvgIpc) is 1.57. The second-order valence-electron chi connectivity index (χ2n) is 36.7. The zero-order valence-electron chi connectivity index (χ0n) is 66.9. The molecule has 6 aliphatic carbocycles. The molecule has 102 heavy (non-hydrogen) atoms. The number of ether oxygens (including phenoxy) is 4. The Kier molecular flexibility index (Phi) is 18.7. The molecule has 6 heteroatoms. The maximum Gasteiger partial charge on any atom is 0.131 e. The van der Waals surface area contributed by atoms with E-state index in [2.05, 4.69) is 278 Å². The summed E-state index contributed by atoms with van der Waals surface area (Å²) >= 11 is 0. The summed E-state index contributed by atoms with van der Waals surface area (Å²) in [5, 5.41) is 0. The van der Waals surface area contributed by atoms with E-state index in [1.165, 1.54) is 155 Å². The van der Waals surface area contributed by atoms with Crippen molar-refractivity contribution in [3.05, 3.63) is 232 Å². The predicted molar refractivity (Wildman–Crippen MR) is 443 cm³/mol. The Bertz CT molecular complexity index is 4790. The molecule has 6 aliphatic rings. The van der Waals surface area contributed by atoms with Gasteiger partial charge in [0.1, 0.15) is 23.0 Å². The van der Waals surface area contributed by atoms with Crippen molar-refractivity contribution in [1.29, 1.82) is 0 Å². The van der Waals surface area contributed by atoms with Crippen LogP contribution in [0.1, 0.15) is 246 Å². The van der Waals surface area contributed by atoms with Crippen LogP contribution >= 0.6 is 0 Å². The standard InChI is InChI=1S/C48H58O3Si.C48H58OSi/c1-28-21-37-39(25-31-15-14-16-36(31)42(37)30-17-19-33(20-18-30)47(3,4)5)45(28)52(12,13)46-29(2)22-38-40(46)27-41(48(6,7)8)44(51-11)43(38)32-23-34(49-9)26-35(24-32)50-10;1-28-21-29(2)23-34(22-28)43-38-25-31(4)46(40(38)27-41(44(43)49-11)48(8,9)10)50(12,13)45-30(3)24-37-39(45)26-33-15-14-16-36(33)42(37)32-17-19-35(20-18-32)47(5,6)7/h17-27,45-46H,14-16H2,1-13H3;17-27,45-46H,14-16H2,1-13H3. The smallest absolute Gasteiger partial charge is 0.131 e. The molecule has 0 bridgehead atoms. The van der Waals surface area contributed by atoms with Gasteiger partial charge in [-0.15, -0.1) is 0 Å². The van der Waals surface area contributed by atoms with Crippen LogP contribution < -0.4 is 18.9 Å². The lowest BCUT2D eigenvalue weighted by atomic mass is 9.81. The molecule has 0 radical (unpaired) electrons. The largest absolute Gasteiger partial charge is 0.497 e. The van der Waals surface area contributed by atoms with Gasteiger partial charge in [-0.25, -0.2) is 0 Å². The fourth-order valence-corrected chi connectivity index (χ4v) is 30.0. The molecule has 0 heterocycles. The summed E-state index contributed by atoms with van der Waals surface area (Å²) in [6.07, 6.45) is 17.4. The van der Waals surface area contributed by atoms with E-state index in [1.54, 1.807) is 53.2 Å². The summed E-state index contributed by atoms with van der Waals surface area (Å²) in [5.41, 5.74) is 44.2. The molecular formula is C96H116O4Si2. The first kappa shape index (κ1) is 72.7. The van der Waals surface area contributed by atoms with Gasteiger partial charge in [0.15, 0.2) is 0 Å². The van der Waals surface area contributed by atoms with Crippen LogP contribution in [0, 0.1) is 13.8 Å². The minimum absolute atomic E-state index is 0.0610. The highest BCUT2D eigenvalue weighted by Crippen LogP contribution is 2.61. The number of methoxy groups -OCH3 is 4. The molecule has 0 amide bonds. The monoisotopic (exact) mass is 1390 g/mol. The van der Waals surface area contributed by atoms with Gasteiger partial charge in [0, 0.05) is 50.5 Å². The quantitative estimate of drug-likeness (QED) is 0.114. The summed E-state index contributed by atoms with van der Waals surface area (Å²) in [6.45, 7) is 52.5. The minimum Gasteiger partial charge on any atom is -0.497 e. The van der Waals surface area contributed by atoms with Crippen molar-refractivity contribution in [2.75, 3.05) is 28.4 Å². The van der Waals surface area contributed by atoms with Crippen LogP contribution in [-0.2, 0) is 47.3 Å². The van der Waals surface area contributed by atoms with Crippen molar-refractivity contribution in [1.82, 2.24) is 0 Å². The molecule has 4 unspecified atom stereocenters. The lowest BCUT2D eigenvalue weighted by molar-refractivity contribution is 0.393. The van der Waals surface area contributed by atoms with Gasteiger partial charge in [-0.1, -0.05) is 258 Å². The van der Waals surface area contributed by atoms with E-state index in [1.807, 2.05) is 20.3 Å². The average molecular weight is 1390 g/mol. The van der Waals surface area contributed by atoms with E-state index in [4.69, 9.17) is 18.9 Å². The highest BCUT2D eigenvalue weighted by atomic mass is 28.3. The van der Waals surface area contributed by atoms with Crippen molar-refractivity contribution in [3.8, 4) is 67.5 Å². The van der Waals surface area contributed by atoms with Crippen LogP contribution in [-0.4, -0.2) is 44.6 Å². The van der Waals surface area contributed by atoms with Gasteiger partial charge in [-0.2, -0.15) is 0 Å². The second-order valence-corrected chi connectivity index (χ2v) is 46.3. The van der Waals surface area contributed by atoms with Gasteiger partial charge < -0.3 is 18.9 Å². The summed E-state index contributed by atoms with van der Waals surface area (Å²) in [6, 6.07) is 42.6. The molecule has 0 saturated heterocycles. The number of fused-ring (bicyclic) bond motifs is 6. The van der Waals surface area contributed by atoms with E-state index in [0.717, 1.165) is 34.1 Å². The molecule has 532 valence electrons. The van der Waals surface area contributed by atoms with E-state index in [9.17, 15) is 0 Å². The zero-order valence-corrected chi connectivity index (χ0v) is 68.9. The maximum atomic E-state index is 6.38. The third-order valence-electron chi connectivity index (χ3n) is 24.4. The van der Waals surface area contributed by atoms with Crippen LogP contribution in [0.15, 0.2) is 131 Å². The molecule has 8 aromatic carbocycles. The van der Waals surface area contributed by atoms with Crippen LogP contribution in [0.3, 0.4) is 0 Å². The Morgan fingerprint density at radius 2 is 0.637 bits per heavy atom. The topological polar surface area (TPSA) is 36.9 Å². The number of aryl methyl sites for hydroxylation is 4. The van der Waals surface area contributed by atoms with Gasteiger partial charge in [0.25, 0.3) is 0 Å². The van der Waals surface area contributed by atoms with E-state index < -0.39 is 16.1 Å². The Balaban J connectivity index is 0.000000182. The van der Waals surface area contributed by atoms with Crippen molar-refractivity contribution in [2.45, 2.75) is 233 Å². The predicted octanol–water partition coefficient (Wildman–Crippen LogP) is 25.8. The highest BCUT2D eigenvalue weighted by molar-refractivity contribution is 6.82. The Labute approximate surface area is 616 Å². The van der Waals surface area contributed by atoms with Crippen LogP contribution in [0.2, 0.25) is 26.2 Å². The normalized spacial score (nSPS) is 18.3. The lowest BCUT2D eigenvalue weighted by Crippen LogP contribution is -2.42. The summed E-state index contributed by atoms with van der Waals surface area (Å²) in [4.78, 5) is 0. The van der Waals surface area contributed by atoms with Crippen LogP contribution in [0.4, 0.5) is 0 Å². The number of benzene rings is 8. The number of hydrogen-bond donors (Lipinski definition) is 0. The minimum atomic E-state index is -2.15. The van der Waals surface area contributed by atoms with E-state index in [0.29, 0.717) is 22.2 Å². The molecule has 4 atom stereocenters. The highest BCUT2D eigenvalue weighted by Gasteiger charge is 2.51. The molecule has 0 spiro atoms. The van der Waals surface area contributed by atoms with Crippen molar-refractivity contribution in [3.63, 3.8) is 0 Å². The Morgan fingerprint density at radius 1 is 0.324 bits per heavy atom. The first-order valence-electron chi connectivity index (χ1n) is 38.1. The summed E-state index contributed by atoms with van der Waals surface area (Å²) < 4.78 is 24.3. The van der Waals surface area contributed by atoms with Gasteiger partial charge in [0.05, 0.1) is 44.6 Å². The molecule has 0 aromatic heterocycles. The first-order valence-corrected chi connectivity index (χ1v) is 44.4. The van der Waals surface area contributed by atoms with Crippen LogP contribution in [0.25, 0.3) is 68.8 Å². The number of hydrogen-bond acceptors (Lipinski definition) is 4. The maximum absolute atomic E-state index is 6.38. The van der Waals surface area contributed by atoms with E-state index in [-0.39, 0.29) is 21.7 Å². The van der Waals surface area contributed by atoms with Gasteiger partial charge in [0.2, 0.25) is 0 Å². The van der Waals surface area contributed by atoms with Crippen LogP contribution in [0.5, 0.6) is 23.0 Å². The molecule has 0 N–H and O–H groups in total. The molecule has 4 nitrogen and oxygen atoms in total. The third-order valence-corrected chi connectivity index (χ3v) is 33.4. The summed E-state index contributed by atoms with van der Waals surface area (Å²) in [7, 11) is 2.88. The molecule has 8 aromatic rings. The molecule has 0 saturated carbocycles. The first-order chi connectivity index (χ1) is 47.9. The lowest BCUT2D eigenvalue weighted by Gasteiger charge is -2.40. The molecule has 14 rings (SSSR count). The third kappa shape index (κ3) is 12.5. The van der Waals surface area contributed by atoms with Crippen molar-refractivity contribution in [2.24, 2.45) is 0 Å². The van der Waals surface area contributed by atoms with E-state index >= 15 is 0 Å². The number of allylic oxidation sites excluding steroid dienone is 4. The Hall–Kier alpha value is -7.65. The fourth-order valence-electron chi connectivity index (χ4n) is 20.2. The molecular weight excluding hydrogens is 1270 g/mol. The summed E-state index contributed by atoms with van der Waals surface area (Å²) in [5.74, 6) is 3.52.